The second kappa shape index (κ2) is 14.0. The van der Waals surface area contributed by atoms with Gasteiger partial charge < -0.3 is 20.4 Å². The van der Waals surface area contributed by atoms with Gasteiger partial charge in [0.2, 0.25) is 5.95 Å². The molecular weight excluding hydrogens is 460 g/mol. The molecule has 2 aromatic rings. The van der Waals surface area contributed by atoms with E-state index in [1.807, 2.05) is 76.1 Å². The average molecular weight is 509 g/mol. The van der Waals surface area contributed by atoms with Crippen molar-refractivity contribution in [3.05, 3.63) is 47.2 Å². The third kappa shape index (κ3) is 8.20. The minimum absolute atomic E-state index is 0.000651. The van der Waals surface area contributed by atoms with Crippen LogP contribution in [0.3, 0.4) is 0 Å². The molecule has 7 nitrogen and oxygen atoms in total. The van der Waals surface area contributed by atoms with E-state index < -0.39 is 0 Å². The fourth-order valence-corrected chi connectivity index (χ4v) is 4.72. The zero-order valence-electron chi connectivity index (χ0n) is 24.6. The number of hydrogen-bond donors (Lipinski definition) is 2. The van der Waals surface area contributed by atoms with Crippen LogP contribution in [0.5, 0.6) is 0 Å². The predicted octanol–water partition coefficient (Wildman–Crippen LogP) is 6.00. The number of likely N-dealkylation sites (N-methyl/N-ethyl adjacent to an activating group) is 1. The lowest BCUT2D eigenvalue weighted by Crippen LogP contribution is -2.42. The highest BCUT2D eigenvalue weighted by molar-refractivity contribution is 5.93. The zero-order valence-corrected chi connectivity index (χ0v) is 24.6. The van der Waals surface area contributed by atoms with Crippen molar-refractivity contribution < 1.29 is 4.79 Å². The summed E-state index contributed by atoms with van der Waals surface area (Å²) in [5.41, 5.74) is 4.10. The number of anilines is 2. The number of carbonyl (C=O) groups excluding carboxylic acids is 1. The maximum Gasteiger partial charge on any atom is 0.267 e. The number of aromatic nitrogens is 2. The quantitative estimate of drug-likeness (QED) is 0.337. The lowest BCUT2D eigenvalue weighted by Gasteiger charge is -2.31. The molecule has 1 heterocycles. The van der Waals surface area contributed by atoms with Crippen molar-refractivity contribution in [3.8, 4) is 0 Å². The van der Waals surface area contributed by atoms with Gasteiger partial charge in [0.25, 0.3) is 5.91 Å². The molecule has 7 heteroatoms. The van der Waals surface area contributed by atoms with E-state index in [2.05, 4.69) is 44.4 Å². The third-order valence-electron chi connectivity index (χ3n) is 6.61. The number of nitrogens with zero attached hydrogens (tertiary/aromatic N) is 4. The first-order chi connectivity index (χ1) is 17.6. The van der Waals surface area contributed by atoms with Gasteiger partial charge in [0.05, 0.1) is 5.52 Å². The van der Waals surface area contributed by atoms with Gasteiger partial charge in [-0.2, -0.15) is 4.98 Å². The Kier molecular flexibility index (Phi) is 11.4. The second-order valence-corrected chi connectivity index (χ2v) is 10.5. The predicted molar refractivity (Wildman–Crippen MR) is 158 cm³/mol. The van der Waals surface area contributed by atoms with Gasteiger partial charge in [-0.3, -0.25) is 4.79 Å². The van der Waals surface area contributed by atoms with Crippen LogP contribution in [0.1, 0.15) is 67.2 Å². The molecule has 0 bridgehead atoms. The maximum absolute atomic E-state index is 13.1. The zero-order chi connectivity index (χ0) is 27.7. The molecule has 1 aromatic carbocycles. The Morgan fingerprint density at radius 3 is 2.11 bits per heavy atom. The van der Waals surface area contributed by atoms with E-state index in [1.54, 1.807) is 0 Å². The van der Waals surface area contributed by atoms with E-state index >= 15 is 0 Å². The van der Waals surface area contributed by atoms with Crippen LogP contribution in [0, 0.1) is 5.92 Å². The first kappa shape index (κ1) is 30.1. The molecule has 0 aliphatic heterocycles. The Labute approximate surface area is 224 Å². The summed E-state index contributed by atoms with van der Waals surface area (Å²) in [6.45, 7) is 12.5. The Hall–Kier alpha value is -3.09. The maximum atomic E-state index is 13.1. The van der Waals surface area contributed by atoms with E-state index in [1.165, 1.54) is 11.1 Å². The highest BCUT2D eigenvalue weighted by Gasteiger charge is 2.25. The van der Waals surface area contributed by atoms with Gasteiger partial charge in [-0.1, -0.05) is 45.4 Å². The Bertz CT molecular complexity index is 1090. The number of rotatable bonds is 8. The summed E-state index contributed by atoms with van der Waals surface area (Å²) < 4.78 is 0. The molecule has 204 valence electrons. The lowest BCUT2D eigenvalue weighted by atomic mass is 9.91. The van der Waals surface area contributed by atoms with E-state index in [0.29, 0.717) is 23.6 Å². The minimum Gasteiger partial charge on any atom is -0.373 e. The van der Waals surface area contributed by atoms with Crippen LogP contribution in [0.4, 0.5) is 11.8 Å². The van der Waals surface area contributed by atoms with E-state index in [-0.39, 0.29) is 11.9 Å². The van der Waals surface area contributed by atoms with Crippen molar-refractivity contribution >= 4 is 28.6 Å². The van der Waals surface area contributed by atoms with E-state index in [4.69, 9.17) is 9.97 Å². The molecule has 0 radical (unpaired) electrons. The van der Waals surface area contributed by atoms with Crippen molar-refractivity contribution in [3.63, 3.8) is 0 Å². The van der Waals surface area contributed by atoms with Gasteiger partial charge in [-0.05, 0) is 69.2 Å². The molecule has 3 rings (SSSR count). The van der Waals surface area contributed by atoms with E-state index in [9.17, 15) is 4.79 Å². The van der Waals surface area contributed by atoms with Crippen LogP contribution >= 0.6 is 0 Å². The molecule has 0 unspecified atom stereocenters. The highest BCUT2D eigenvalue weighted by Crippen LogP contribution is 2.27. The monoisotopic (exact) mass is 508 g/mol. The molecule has 1 fully saturated rings. The van der Waals surface area contributed by atoms with Gasteiger partial charge in [0.1, 0.15) is 11.5 Å². The fraction of sp³-hybridized carbons (Fsp3) is 0.567. The SMILES string of the molecule is CC.CC(C)=C(/C=C(/C(=O)NC1CCC(Nc2nc(N(C)C)c3ccccc3n2)CC1)N(C)C)C(C)C. The van der Waals surface area contributed by atoms with Gasteiger partial charge in [-0.25, -0.2) is 4.98 Å². The van der Waals surface area contributed by atoms with Gasteiger partial charge in [0.15, 0.2) is 0 Å². The van der Waals surface area contributed by atoms with Crippen molar-refractivity contribution in [1.29, 1.82) is 0 Å². The second-order valence-electron chi connectivity index (χ2n) is 10.5. The Morgan fingerprint density at radius 1 is 0.973 bits per heavy atom. The summed E-state index contributed by atoms with van der Waals surface area (Å²) in [5, 5.41) is 7.87. The summed E-state index contributed by atoms with van der Waals surface area (Å²) in [6.07, 6.45) is 5.83. The Balaban J connectivity index is 0.00000235. The van der Waals surface area contributed by atoms with Crippen LogP contribution < -0.4 is 15.5 Å². The summed E-state index contributed by atoms with van der Waals surface area (Å²) in [6, 6.07) is 8.57. The molecule has 0 saturated heterocycles. The van der Waals surface area contributed by atoms with E-state index in [0.717, 1.165) is 42.4 Å². The molecule has 1 aliphatic carbocycles. The standard InChI is InChI=1S/C28H42N6O.C2H6/c1-18(2)23(19(3)4)17-25(33(5)6)27(35)29-20-13-15-21(16-14-20)30-28-31-24-12-10-9-11-22(24)26(32-28)34(7)8;1-2/h9-12,17-18,20-21H,13-16H2,1-8H3,(H,29,35)(H,30,31,32);1-2H3/b25-17-;. The fourth-order valence-electron chi connectivity index (χ4n) is 4.72. The van der Waals surface area contributed by atoms with Gasteiger partial charge >= 0.3 is 0 Å². The summed E-state index contributed by atoms with van der Waals surface area (Å²) in [5.74, 6) is 1.95. The van der Waals surface area contributed by atoms with Crippen molar-refractivity contribution in [2.75, 3.05) is 38.4 Å². The van der Waals surface area contributed by atoms with Crippen molar-refractivity contribution in [1.82, 2.24) is 20.2 Å². The topological polar surface area (TPSA) is 73.4 Å². The number of para-hydroxylation sites is 1. The Morgan fingerprint density at radius 2 is 1.57 bits per heavy atom. The number of amides is 1. The number of fused-ring (bicyclic) bond motifs is 1. The van der Waals surface area contributed by atoms with Crippen LogP contribution in [0.15, 0.2) is 47.2 Å². The molecule has 1 amide bonds. The third-order valence-corrected chi connectivity index (χ3v) is 6.61. The molecule has 1 aromatic heterocycles. The minimum atomic E-state index is -0.000651. The number of nitrogens with one attached hydrogen (secondary N) is 2. The number of benzene rings is 1. The molecule has 37 heavy (non-hydrogen) atoms. The lowest BCUT2D eigenvalue weighted by molar-refractivity contribution is -0.119. The van der Waals surface area contributed by atoms with Crippen LogP contribution in [0.25, 0.3) is 10.9 Å². The average Bonchev–Trinajstić information content (AvgIpc) is 2.85. The molecule has 0 atom stereocenters. The van der Waals surface area contributed by atoms with Crippen LogP contribution in [-0.4, -0.2) is 61.0 Å². The smallest absolute Gasteiger partial charge is 0.267 e. The number of carbonyl (C=O) groups is 1. The molecule has 2 N–H and O–H groups in total. The van der Waals surface area contributed by atoms with Gasteiger partial charge in [-0.15, -0.1) is 0 Å². The number of allylic oxidation sites excluding steroid dienone is 3. The number of hydrogen-bond acceptors (Lipinski definition) is 6. The molecule has 1 saturated carbocycles. The first-order valence-corrected chi connectivity index (χ1v) is 13.6. The van der Waals surface area contributed by atoms with Crippen molar-refractivity contribution in [2.45, 2.75) is 79.3 Å². The summed E-state index contributed by atoms with van der Waals surface area (Å²) in [7, 11) is 7.87. The molecule has 1 aliphatic rings. The van der Waals surface area contributed by atoms with Crippen LogP contribution in [-0.2, 0) is 4.79 Å². The molecule has 0 spiro atoms. The van der Waals surface area contributed by atoms with Gasteiger partial charge in [0, 0.05) is 45.7 Å². The first-order valence-electron chi connectivity index (χ1n) is 13.6. The highest BCUT2D eigenvalue weighted by atomic mass is 16.2. The normalized spacial score (nSPS) is 17.5. The summed E-state index contributed by atoms with van der Waals surface area (Å²) in [4.78, 5) is 26.6. The van der Waals surface area contributed by atoms with Crippen molar-refractivity contribution in [2.24, 2.45) is 5.92 Å². The molecular formula is C30H48N6O. The van der Waals surface area contributed by atoms with Crippen LogP contribution in [0.2, 0.25) is 0 Å². The largest absolute Gasteiger partial charge is 0.373 e. The summed E-state index contributed by atoms with van der Waals surface area (Å²) >= 11 is 0.